The predicted octanol–water partition coefficient (Wildman–Crippen LogP) is 0.838. The number of sulfonamides is 1. The van der Waals surface area contributed by atoms with Crippen LogP contribution in [0.1, 0.15) is 16.7 Å². The highest BCUT2D eigenvalue weighted by Gasteiger charge is 2.20. The van der Waals surface area contributed by atoms with Crippen LogP contribution in [0.4, 0.5) is 4.39 Å². The van der Waals surface area contributed by atoms with Gasteiger partial charge in [-0.1, -0.05) is 0 Å². The molecule has 6 nitrogen and oxygen atoms in total. The third-order valence-electron chi connectivity index (χ3n) is 3.05. The fourth-order valence-corrected chi connectivity index (χ4v) is 3.22. The van der Waals surface area contributed by atoms with Gasteiger partial charge in [-0.15, -0.1) is 0 Å². The van der Waals surface area contributed by atoms with Crippen molar-refractivity contribution in [2.45, 2.75) is 25.0 Å². The average molecular weight is 313 g/mol. The fourth-order valence-electron chi connectivity index (χ4n) is 1.90. The van der Waals surface area contributed by atoms with Gasteiger partial charge in [-0.05, 0) is 24.6 Å². The Labute approximate surface area is 122 Å². The van der Waals surface area contributed by atoms with Crippen molar-refractivity contribution < 1.29 is 17.9 Å². The van der Waals surface area contributed by atoms with E-state index in [1.54, 1.807) is 24.1 Å². The van der Waals surface area contributed by atoms with Crippen LogP contribution < -0.4 is 4.72 Å². The second-order valence-corrected chi connectivity index (χ2v) is 6.44. The molecule has 0 atom stereocenters. The Hall–Kier alpha value is -1.77. The van der Waals surface area contributed by atoms with Crippen LogP contribution in [0.15, 0.2) is 29.4 Å². The molecule has 0 fully saturated rings. The number of aryl methyl sites for hydroxylation is 1. The van der Waals surface area contributed by atoms with E-state index in [4.69, 9.17) is 5.11 Å². The van der Waals surface area contributed by atoms with Gasteiger partial charge in [0.05, 0.1) is 17.7 Å². The minimum absolute atomic E-state index is 0.0193. The summed E-state index contributed by atoms with van der Waals surface area (Å²) in [5.41, 5.74) is 0.920. The molecule has 2 aromatic rings. The summed E-state index contributed by atoms with van der Waals surface area (Å²) in [6.45, 7) is 1.01. The van der Waals surface area contributed by atoms with Gasteiger partial charge in [0.25, 0.3) is 0 Å². The lowest BCUT2D eigenvalue weighted by molar-refractivity contribution is 0.281. The molecule has 2 rings (SSSR count). The van der Waals surface area contributed by atoms with Crippen LogP contribution in [0, 0.1) is 12.7 Å². The maximum Gasteiger partial charge on any atom is 0.241 e. The van der Waals surface area contributed by atoms with Crippen LogP contribution in [0.5, 0.6) is 0 Å². The minimum Gasteiger partial charge on any atom is -0.392 e. The molecule has 0 radical (unpaired) electrons. The first kappa shape index (κ1) is 15.6. The summed E-state index contributed by atoms with van der Waals surface area (Å²) >= 11 is 0. The maximum absolute atomic E-state index is 13.7. The highest BCUT2D eigenvalue weighted by molar-refractivity contribution is 7.89. The van der Waals surface area contributed by atoms with Gasteiger partial charge < -0.3 is 5.11 Å². The van der Waals surface area contributed by atoms with Crippen molar-refractivity contribution in [2.75, 3.05) is 0 Å². The summed E-state index contributed by atoms with van der Waals surface area (Å²) in [6.07, 6.45) is 3.22. The monoisotopic (exact) mass is 313 g/mol. The molecule has 0 aliphatic heterocycles. The lowest BCUT2D eigenvalue weighted by Crippen LogP contribution is -2.24. The van der Waals surface area contributed by atoms with E-state index in [-0.39, 0.29) is 22.6 Å². The van der Waals surface area contributed by atoms with E-state index in [0.29, 0.717) is 5.56 Å². The summed E-state index contributed by atoms with van der Waals surface area (Å²) in [6, 6.07) is 2.39. The van der Waals surface area contributed by atoms with Gasteiger partial charge in [0.1, 0.15) is 5.82 Å². The summed E-state index contributed by atoms with van der Waals surface area (Å²) < 4.78 is 42.2. The second kappa shape index (κ2) is 5.92. The van der Waals surface area contributed by atoms with E-state index in [1.165, 1.54) is 13.0 Å². The molecular weight excluding hydrogens is 297 g/mol. The van der Waals surface area contributed by atoms with E-state index in [9.17, 15) is 12.8 Å². The van der Waals surface area contributed by atoms with Gasteiger partial charge in [0, 0.05) is 30.9 Å². The zero-order valence-corrected chi connectivity index (χ0v) is 12.5. The van der Waals surface area contributed by atoms with Crippen molar-refractivity contribution in [3.63, 3.8) is 0 Å². The standard InChI is InChI=1S/C13H16FN3O3S/c1-9-12(14)3-10(8-18)4-13(9)21(19,20)16-6-11-5-15-17(2)7-11/h3-5,7,16,18H,6,8H2,1-2H3. The molecule has 0 amide bonds. The van der Waals surface area contributed by atoms with Gasteiger partial charge in [-0.2, -0.15) is 5.10 Å². The number of aliphatic hydroxyl groups excluding tert-OH is 1. The Bertz CT molecular complexity index is 756. The number of hydrogen-bond donors (Lipinski definition) is 2. The lowest BCUT2D eigenvalue weighted by Gasteiger charge is -2.11. The first-order valence-electron chi connectivity index (χ1n) is 6.20. The second-order valence-electron chi connectivity index (χ2n) is 4.71. The molecule has 2 N–H and O–H groups in total. The molecule has 0 saturated carbocycles. The zero-order valence-electron chi connectivity index (χ0n) is 11.7. The summed E-state index contributed by atoms with van der Waals surface area (Å²) in [5.74, 6) is -0.664. The zero-order chi connectivity index (χ0) is 15.6. The molecule has 8 heteroatoms. The maximum atomic E-state index is 13.7. The highest BCUT2D eigenvalue weighted by Crippen LogP contribution is 2.21. The van der Waals surface area contributed by atoms with Gasteiger partial charge in [0.15, 0.2) is 0 Å². The van der Waals surface area contributed by atoms with Crippen LogP contribution in [0.3, 0.4) is 0 Å². The average Bonchev–Trinajstić information content (AvgIpc) is 2.85. The van der Waals surface area contributed by atoms with Gasteiger partial charge in [0.2, 0.25) is 10.0 Å². The van der Waals surface area contributed by atoms with Crippen LogP contribution in [0.2, 0.25) is 0 Å². The molecule has 1 aromatic heterocycles. The SMILES string of the molecule is Cc1c(F)cc(CO)cc1S(=O)(=O)NCc1cnn(C)c1. The molecule has 0 saturated heterocycles. The van der Waals surface area contributed by atoms with E-state index >= 15 is 0 Å². The number of benzene rings is 1. The molecule has 1 heterocycles. The number of halogens is 1. The van der Waals surface area contributed by atoms with Crippen molar-refractivity contribution >= 4 is 10.0 Å². The largest absolute Gasteiger partial charge is 0.392 e. The van der Waals surface area contributed by atoms with Gasteiger partial charge in [-0.3, -0.25) is 4.68 Å². The molecule has 0 aliphatic carbocycles. The van der Waals surface area contributed by atoms with Crippen molar-refractivity contribution in [2.24, 2.45) is 7.05 Å². The molecule has 114 valence electrons. The highest BCUT2D eigenvalue weighted by atomic mass is 32.2. The first-order chi connectivity index (χ1) is 9.83. The van der Waals surface area contributed by atoms with Crippen molar-refractivity contribution in [3.8, 4) is 0 Å². The number of nitrogens with one attached hydrogen (secondary N) is 1. The lowest BCUT2D eigenvalue weighted by atomic mass is 10.1. The number of rotatable bonds is 5. The Morgan fingerprint density at radius 1 is 1.38 bits per heavy atom. The Morgan fingerprint density at radius 2 is 2.10 bits per heavy atom. The fraction of sp³-hybridized carbons (Fsp3) is 0.308. The van der Waals surface area contributed by atoms with Crippen LogP contribution >= 0.6 is 0 Å². The van der Waals surface area contributed by atoms with Crippen LogP contribution in [-0.2, 0) is 30.2 Å². The summed E-state index contributed by atoms with van der Waals surface area (Å²) in [4.78, 5) is -0.171. The van der Waals surface area contributed by atoms with Crippen LogP contribution in [-0.4, -0.2) is 23.3 Å². The quantitative estimate of drug-likeness (QED) is 0.856. The van der Waals surface area contributed by atoms with E-state index in [0.717, 1.165) is 6.07 Å². The topological polar surface area (TPSA) is 84.2 Å². The van der Waals surface area contributed by atoms with E-state index in [2.05, 4.69) is 9.82 Å². The summed E-state index contributed by atoms with van der Waals surface area (Å²) in [5, 5.41) is 13.0. The third-order valence-corrected chi connectivity index (χ3v) is 4.58. The Balaban J connectivity index is 2.29. The third kappa shape index (κ3) is 3.46. The first-order valence-corrected chi connectivity index (χ1v) is 7.69. The number of hydrogen-bond acceptors (Lipinski definition) is 4. The van der Waals surface area contributed by atoms with Crippen LogP contribution in [0.25, 0.3) is 0 Å². The Morgan fingerprint density at radius 3 is 2.67 bits per heavy atom. The predicted molar refractivity (Wildman–Crippen MR) is 74.3 cm³/mol. The van der Waals surface area contributed by atoms with E-state index in [1.807, 2.05) is 0 Å². The molecule has 0 spiro atoms. The van der Waals surface area contributed by atoms with Crippen molar-refractivity contribution in [3.05, 3.63) is 47.0 Å². The number of aromatic nitrogens is 2. The molecule has 1 aromatic carbocycles. The number of nitrogens with zero attached hydrogens (tertiary/aromatic N) is 2. The number of aliphatic hydroxyl groups is 1. The van der Waals surface area contributed by atoms with Crippen molar-refractivity contribution in [1.82, 2.24) is 14.5 Å². The summed E-state index contributed by atoms with van der Waals surface area (Å²) in [7, 11) is -2.15. The minimum atomic E-state index is -3.87. The Kier molecular flexibility index (Phi) is 4.40. The van der Waals surface area contributed by atoms with Crippen molar-refractivity contribution in [1.29, 1.82) is 0 Å². The molecular formula is C13H16FN3O3S. The molecule has 21 heavy (non-hydrogen) atoms. The molecule has 0 bridgehead atoms. The molecule has 0 aliphatic rings. The molecule has 0 unspecified atom stereocenters. The smallest absolute Gasteiger partial charge is 0.241 e. The van der Waals surface area contributed by atoms with E-state index < -0.39 is 22.4 Å². The van der Waals surface area contributed by atoms with Gasteiger partial charge >= 0.3 is 0 Å². The normalized spacial score (nSPS) is 11.8. The van der Waals surface area contributed by atoms with Gasteiger partial charge in [-0.25, -0.2) is 17.5 Å².